The topological polar surface area (TPSA) is 37.3 Å². The summed E-state index contributed by atoms with van der Waals surface area (Å²) < 4.78 is 0. The van der Waals surface area contributed by atoms with Gasteiger partial charge in [0.25, 0.3) is 0 Å². The third-order valence-electron chi connectivity index (χ3n) is 2.42. The number of rotatable bonds is 3. The molecule has 0 spiro atoms. The summed E-state index contributed by atoms with van der Waals surface area (Å²) in [7, 11) is 0. The third kappa shape index (κ3) is 3.74. The highest BCUT2D eigenvalue weighted by atomic mass is 27.0. The molecule has 0 unspecified atom stereocenters. The molecule has 0 amide bonds. The molecule has 0 saturated heterocycles. The first-order chi connectivity index (χ1) is 7.75. The molecule has 0 aliphatic rings. The number of hydrogen-bond donors (Lipinski definition) is 1. The largest absolute Gasteiger partial charge is 0.481 e. The summed E-state index contributed by atoms with van der Waals surface area (Å²) >= 11 is 0. The van der Waals surface area contributed by atoms with Gasteiger partial charge in [-0.25, -0.2) is 0 Å². The lowest BCUT2D eigenvalue weighted by Crippen LogP contribution is -1.99. The summed E-state index contributed by atoms with van der Waals surface area (Å²) in [5.41, 5.74) is 3.08. The minimum Gasteiger partial charge on any atom is -0.481 e. The van der Waals surface area contributed by atoms with E-state index in [9.17, 15) is 4.79 Å². The van der Waals surface area contributed by atoms with E-state index in [0.29, 0.717) is 0 Å². The van der Waals surface area contributed by atoms with Gasteiger partial charge >= 0.3 is 5.97 Å². The van der Waals surface area contributed by atoms with Crippen LogP contribution in [0.15, 0.2) is 54.6 Å². The third-order valence-corrected chi connectivity index (χ3v) is 2.42. The van der Waals surface area contributed by atoms with Crippen molar-refractivity contribution in [1.29, 1.82) is 0 Å². The average molecular weight is 242 g/mol. The van der Waals surface area contributed by atoms with Gasteiger partial charge in [0.2, 0.25) is 0 Å². The van der Waals surface area contributed by atoms with Gasteiger partial charge in [0.15, 0.2) is 17.4 Å². The van der Waals surface area contributed by atoms with Crippen molar-refractivity contribution in [3.05, 3.63) is 60.2 Å². The van der Waals surface area contributed by atoms with Gasteiger partial charge in [-0.15, -0.1) is 0 Å². The van der Waals surface area contributed by atoms with Gasteiger partial charge in [-0.3, -0.25) is 4.79 Å². The molecule has 3 heteroatoms. The van der Waals surface area contributed by atoms with Crippen molar-refractivity contribution in [3.8, 4) is 11.1 Å². The maximum atomic E-state index is 10.5. The number of carbonyl (C=O) groups is 1. The minimum atomic E-state index is -0.799. The second kappa shape index (κ2) is 6.25. The van der Waals surface area contributed by atoms with E-state index in [1.807, 2.05) is 54.6 Å². The lowest BCUT2D eigenvalue weighted by Gasteiger charge is -2.02. The van der Waals surface area contributed by atoms with E-state index in [0.717, 1.165) is 16.7 Å². The fourth-order valence-corrected chi connectivity index (χ4v) is 1.62. The predicted molar refractivity (Wildman–Crippen MR) is 73.2 cm³/mol. The average Bonchev–Trinajstić information content (AvgIpc) is 2.30. The molecule has 0 heterocycles. The van der Waals surface area contributed by atoms with Crippen LogP contribution in [0.25, 0.3) is 11.1 Å². The second-order valence-corrected chi connectivity index (χ2v) is 3.63. The van der Waals surface area contributed by atoms with Gasteiger partial charge in [-0.05, 0) is 16.7 Å². The van der Waals surface area contributed by atoms with Crippen LogP contribution >= 0.6 is 0 Å². The minimum absolute atomic E-state index is 0. The Hall–Kier alpha value is -1.56. The van der Waals surface area contributed by atoms with Crippen molar-refractivity contribution in [1.82, 2.24) is 0 Å². The number of carboxylic acids is 1. The van der Waals surface area contributed by atoms with Crippen molar-refractivity contribution in [3.63, 3.8) is 0 Å². The molecule has 0 aliphatic carbocycles. The molecule has 2 rings (SSSR count). The van der Waals surface area contributed by atoms with E-state index in [4.69, 9.17) is 5.11 Å². The molecular weight excluding hydrogens is 227 g/mol. The zero-order valence-corrected chi connectivity index (χ0v) is 8.76. The highest BCUT2D eigenvalue weighted by molar-refractivity contribution is 5.75. The summed E-state index contributed by atoms with van der Waals surface area (Å²) in [4.78, 5) is 10.5. The maximum absolute atomic E-state index is 10.5. The monoisotopic (exact) mass is 242 g/mol. The van der Waals surface area contributed by atoms with Crippen LogP contribution in [-0.2, 0) is 11.2 Å². The van der Waals surface area contributed by atoms with Crippen LogP contribution in [0.2, 0.25) is 0 Å². The molecule has 2 aromatic rings. The number of benzene rings is 2. The molecule has 2 nitrogen and oxygen atoms in total. The molecular formula is C14H15AlO2. The second-order valence-electron chi connectivity index (χ2n) is 3.63. The van der Waals surface area contributed by atoms with Gasteiger partial charge < -0.3 is 5.11 Å². The van der Waals surface area contributed by atoms with E-state index in [2.05, 4.69) is 0 Å². The van der Waals surface area contributed by atoms with Gasteiger partial charge in [-0.2, -0.15) is 0 Å². The highest BCUT2D eigenvalue weighted by Crippen LogP contribution is 2.19. The predicted octanol–water partition coefficient (Wildman–Crippen LogP) is 1.80. The van der Waals surface area contributed by atoms with E-state index in [-0.39, 0.29) is 23.8 Å². The SMILES string of the molecule is O=C(O)Cc1ccc(-c2ccccc2)cc1.[AlH3]. The normalized spacial score (nSPS) is 9.41. The summed E-state index contributed by atoms with van der Waals surface area (Å²) in [6.07, 6.45) is 0.0784. The zero-order valence-electron chi connectivity index (χ0n) is 8.76. The quantitative estimate of drug-likeness (QED) is 0.833. The summed E-state index contributed by atoms with van der Waals surface area (Å²) in [5, 5.41) is 8.65. The summed E-state index contributed by atoms with van der Waals surface area (Å²) in [6, 6.07) is 17.6. The summed E-state index contributed by atoms with van der Waals surface area (Å²) in [6.45, 7) is 0. The van der Waals surface area contributed by atoms with Crippen LogP contribution in [-0.4, -0.2) is 28.4 Å². The molecule has 1 N–H and O–H groups in total. The molecule has 17 heavy (non-hydrogen) atoms. The number of aliphatic carboxylic acids is 1. The molecule has 0 aromatic heterocycles. The van der Waals surface area contributed by atoms with E-state index >= 15 is 0 Å². The Morgan fingerprint density at radius 3 is 1.94 bits per heavy atom. The first-order valence-corrected chi connectivity index (χ1v) is 5.12. The first kappa shape index (κ1) is 13.5. The highest BCUT2D eigenvalue weighted by Gasteiger charge is 2.01. The van der Waals surface area contributed by atoms with Crippen LogP contribution in [0.1, 0.15) is 5.56 Å². The first-order valence-electron chi connectivity index (χ1n) is 5.12. The van der Waals surface area contributed by atoms with Gasteiger partial charge in [0, 0.05) is 0 Å². The number of carboxylic acid groups (broad SMARTS) is 1. The van der Waals surface area contributed by atoms with Crippen LogP contribution in [0, 0.1) is 0 Å². The molecule has 0 bridgehead atoms. The van der Waals surface area contributed by atoms with Crippen molar-refractivity contribution in [2.24, 2.45) is 0 Å². The molecule has 2 aromatic carbocycles. The zero-order chi connectivity index (χ0) is 11.4. The lowest BCUT2D eigenvalue weighted by molar-refractivity contribution is -0.136. The molecule has 0 saturated carbocycles. The van der Waals surface area contributed by atoms with E-state index in [1.54, 1.807) is 0 Å². The van der Waals surface area contributed by atoms with Gasteiger partial charge in [-0.1, -0.05) is 54.6 Å². The van der Waals surface area contributed by atoms with Crippen LogP contribution in [0.4, 0.5) is 0 Å². The van der Waals surface area contributed by atoms with Crippen molar-refractivity contribution in [2.45, 2.75) is 6.42 Å². The maximum Gasteiger partial charge on any atom is 0.307 e. The lowest BCUT2D eigenvalue weighted by atomic mass is 10.0. The standard InChI is InChI=1S/C14H12O2.Al.3H/c15-14(16)10-11-6-8-13(9-7-11)12-4-2-1-3-5-12;;;;/h1-9H,10H2,(H,15,16);;;;. The smallest absolute Gasteiger partial charge is 0.307 e. The Kier molecular flexibility index (Phi) is 4.96. The fourth-order valence-electron chi connectivity index (χ4n) is 1.62. The van der Waals surface area contributed by atoms with E-state index < -0.39 is 5.97 Å². The van der Waals surface area contributed by atoms with Crippen LogP contribution in [0.3, 0.4) is 0 Å². The Labute approximate surface area is 111 Å². The Morgan fingerprint density at radius 2 is 1.41 bits per heavy atom. The van der Waals surface area contributed by atoms with Crippen LogP contribution < -0.4 is 0 Å². The van der Waals surface area contributed by atoms with Crippen molar-refractivity contribution >= 4 is 23.3 Å². The molecule has 86 valence electrons. The Balaban J connectivity index is 0.00000144. The van der Waals surface area contributed by atoms with Gasteiger partial charge in [0.1, 0.15) is 0 Å². The van der Waals surface area contributed by atoms with E-state index in [1.165, 1.54) is 0 Å². The number of hydrogen-bond acceptors (Lipinski definition) is 1. The molecule has 0 aliphatic heterocycles. The Bertz CT molecular complexity index is 477. The Morgan fingerprint density at radius 1 is 0.882 bits per heavy atom. The fraction of sp³-hybridized carbons (Fsp3) is 0.0714. The van der Waals surface area contributed by atoms with Crippen LogP contribution in [0.5, 0.6) is 0 Å². The molecule has 0 atom stereocenters. The van der Waals surface area contributed by atoms with Crippen molar-refractivity contribution in [2.75, 3.05) is 0 Å². The van der Waals surface area contributed by atoms with Crippen molar-refractivity contribution < 1.29 is 9.90 Å². The summed E-state index contributed by atoms with van der Waals surface area (Å²) in [5.74, 6) is -0.799. The molecule has 0 fully saturated rings. The molecule has 0 radical (unpaired) electrons. The van der Waals surface area contributed by atoms with Gasteiger partial charge in [0.05, 0.1) is 6.42 Å².